The first kappa shape index (κ1) is 9.48. The number of hydrogen-bond acceptors (Lipinski definition) is 3. The SMILES string of the molecule is CC(N)C1(C(=O)O)CCOCC1. The summed E-state index contributed by atoms with van der Waals surface area (Å²) in [5, 5.41) is 9.02. The van der Waals surface area contributed by atoms with E-state index in [1.165, 1.54) is 0 Å². The minimum absolute atomic E-state index is 0.307. The van der Waals surface area contributed by atoms with Crippen molar-refractivity contribution < 1.29 is 14.6 Å². The third kappa shape index (κ3) is 1.44. The van der Waals surface area contributed by atoms with Gasteiger partial charge in [-0.1, -0.05) is 0 Å². The second kappa shape index (κ2) is 3.41. The molecule has 0 spiro atoms. The number of nitrogens with two attached hydrogens (primary N) is 1. The summed E-state index contributed by atoms with van der Waals surface area (Å²) in [6, 6.07) is -0.307. The van der Waals surface area contributed by atoms with Crippen molar-refractivity contribution in [3.05, 3.63) is 0 Å². The molecule has 1 aliphatic rings. The Balaban J connectivity index is 2.77. The van der Waals surface area contributed by atoms with Gasteiger partial charge in [-0.05, 0) is 19.8 Å². The van der Waals surface area contributed by atoms with E-state index >= 15 is 0 Å². The lowest BCUT2D eigenvalue weighted by Crippen LogP contribution is -2.49. The number of ether oxygens (including phenoxy) is 1. The van der Waals surface area contributed by atoms with E-state index in [4.69, 9.17) is 15.6 Å². The van der Waals surface area contributed by atoms with Crippen LogP contribution in [0.25, 0.3) is 0 Å². The number of aliphatic carboxylic acids is 1. The Hall–Kier alpha value is -0.610. The van der Waals surface area contributed by atoms with E-state index in [0.717, 1.165) is 0 Å². The van der Waals surface area contributed by atoms with E-state index in [0.29, 0.717) is 26.1 Å². The van der Waals surface area contributed by atoms with Crippen molar-refractivity contribution in [1.29, 1.82) is 0 Å². The van der Waals surface area contributed by atoms with Crippen LogP contribution in [0.3, 0.4) is 0 Å². The fourth-order valence-corrected chi connectivity index (χ4v) is 1.60. The fraction of sp³-hybridized carbons (Fsp3) is 0.875. The molecule has 70 valence electrons. The van der Waals surface area contributed by atoms with Gasteiger partial charge in [0, 0.05) is 19.3 Å². The lowest BCUT2D eigenvalue weighted by molar-refractivity contribution is -0.156. The van der Waals surface area contributed by atoms with Gasteiger partial charge in [-0.25, -0.2) is 0 Å². The molecule has 0 radical (unpaired) electrons. The van der Waals surface area contributed by atoms with Gasteiger partial charge < -0.3 is 15.6 Å². The lowest BCUT2D eigenvalue weighted by Gasteiger charge is -2.36. The molecular formula is C8H15NO3. The van der Waals surface area contributed by atoms with Crippen molar-refractivity contribution in [2.45, 2.75) is 25.8 Å². The van der Waals surface area contributed by atoms with Crippen LogP contribution >= 0.6 is 0 Å². The highest BCUT2D eigenvalue weighted by atomic mass is 16.5. The molecular weight excluding hydrogens is 158 g/mol. The molecule has 0 bridgehead atoms. The third-order valence-corrected chi connectivity index (χ3v) is 2.68. The summed E-state index contributed by atoms with van der Waals surface area (Å²) in [5.74, 6) is -0.791. The van der Waals surface area contributed by atoms with E-state index in [-0.39, 0.29) is 6.04 Å². The van der Waals surface area contributed by atoms with Crippen molar-refractivity contribution in [3.8, 4) is 0 Å². The van der Waals surface area contributed by atoms with Gasteiger partial charge in [-0.2, -0.15) is 0 Å². The molecule has 0 aromatic rings. The average molecular weight is 173 g/mol. The Morgan fingerprint density at radius 1 is 1.58 bits per heavy atom. The molecule has 4 heteroatoms. The summed E-state index contributed by atoms with van der Waals surface area (Å²) < 4.78 is 5.11. The Morgan fingerprint density at radius 2 is 2.08 bits per heavy atom. The maximum atomic E-state index is 11.0. The molecule has 0 amide bonds. The van der Waals surface area contributed by atoms with Crippen LogP contribution in [0.15, 0.2) is 0 Å². The normalized spacial score (nSPS) is 24.8. The standard InChI is InChI=1S/C8H15NO3/c1-6(9)8(7(10)11)2-4-12-5-3-8/h6H,2-5,9H2,1H3,(H,10,11). The van der Waals surface area contributed by atoms with Crippen LogP contribution in [0.4, 0.5) is 0 Å². The molecule has 0 aromatic heterocycles. The topological polar surface area (TPSA) is 72.6 Å². The molecule has 0 aliphatic carbocycles. The summed E-state index contributed by atoms with van der Waals surface area (Å²) in [6.07, 6.45) is 1.06. The van der Waals surface area contributed by atoms with Gasteiger partial charge in [0.1, 0.15) is 0 Å². The minimum atomic E-state index is -0.791. The zero-order valence-electron chi connectivity index (χ0n) is 7.25. The van der Waals surface area contributed by atoms with Gasteiger partial charge in [-0.3, -0.25) is 4.79 Å². The van der Waals surface area contributed by atoms with Gasteiger partial charge in [0.05, 0.1) is 5.41 Å². The quantitative estimate of drug-likeness (QED) is 0.626. The smallest absolute Gasteiger partial charge is 0.311 e. The monoisotopic (exact) mass is 173 g/mol. The highest BCUT2D eigenvalue weighted by molar-refractivity contribution is 5.75. The fourth-order valence-electron chi connectivity index (χ4n) is 1.60. The molecule has 1 atom stereocenters. The first-order valence-electron chi connectivity index (χ1n) is 4.16. The number of carboxylic acids is 1. The van der Waals surface area contributed by atoms with Crippen molar-refractivity contribution in [2.75, 3.05) is 13.2 Å². The first-order valence-corrected chi connectivity index (χ1v) is 4.16. The van der Waals surface area contributed by atoms with Crippen LogP contribution < -0.4 is 5.73 Å². The van der Waals surface area contributed by atoms with E-state index in [1.807, 2.05) is 0 Å². The van der Waals surface area contributed by atoms with E-state index in [1.54, 1.807) is 6.92 Å². The van der Waals surface area contributed by atoms with E-state index in [2.05, 4.69) is 0 Å². The molecule has 0 aromatic carbocycles. The van der Waals surface area contributed by atoms with Gasteiger partial charge in [0.2, 0.25) is 0 Å². The van der Waals surface area contributed by atoms with Crippen molar-refractivity contribution in [2.24, 2.45) is 11.1 Å². The molecule has 1 unspecified atom stereocenters. The summed E-state index contributed by atoms with van der Waals surface area (Å²) in [6.45, 7) is 2.76. The van der Waals surface area contributed by atoms with Gasteiger partial charge >= 0.3 is 5.97 Å². The molecule has 4 nitrogen and oxygen atoms in total. The summed E-state index contributed by atoms with van der Waals surface area (Å²) in [5.41, 5.74) is 4.91. The Kier molecular flexibility index (Phi) is 2.69. The molecule has 1 aliphatic heterocycles. The summed E-state index contributed by atoms with van der Waals surface area (Å²) >= 11 is 0. The molecule has 1 saturated heterocycles. The van der Waals surface area contributed by atoms with Crippen molar-refractivity contribution >= 4 is 5.97 Å². The largest absolute Gasteiger partial charge is 0.481 e. The first-order chi connectivity index (χ1) is 5.59. The van der Waals surface area contributed by atoms with Gasteiger partial charge in [-0.15, -0.1) is 0 Å². The van der Waals surface area contributed by atoms with Crippen LogP contribution in [-0.2, 0) is 9.53 Å². The molecule has 0 saturated carbocycles. The predicted octanol–water partition coefficient (Wildman–Crippen LogP) is 0.215. The Bertz CT molecular complexity index is 173. The Labute approximate surface area is 71.7 Å². The van der Waals surface area contributed by atoms with Crippen LogP contribution in [0.1, 0.15) is 19.8 Å². The molecule has 1 rings (SSSR count). The molecule has 1 fully saturated rings. The van der Waals surface area contributed by atoms with Crippen LogP contribution in [0.2, 0.25) is 0 Å². The zero-order valence-corrected chi connectivity index (χ0v) is 7.25. The van der Waals surface area contributed by atoms with E-state index in [9.17, 15) is 4.79 Å². The maximum absolute atomic E-state index is 11.0. The van der Waals surface area contributed by atoms with Crippen LogP contribution in [0, 0.1) is 5.41 Å². The van der Waals surface area contributed by atoms with Crippen molar-refractivity contribution in [1.82, 2.24) is 0 Å². The highest BCUT2D eigenvalue weighted by Crippen LogP contribution is 2.33. The summed E-state index contributed by atoms with van der Waals surface area (Å²) in [7, 11) is 0. The van der Waals surface area contributed by atoms with Crippen LogP contribution in [-0.4, -0.2) is 30.3 Å². The summed E-state index contributed by atoms with van der Waals surface area (Å²) in [4.78, 5) is 11.0. The maximum Gasteiger partial charge on any atom is 0.311 e. The highest BCUT2D eigenvalue weighted by Gasteiger charge is 2.43. The van der Waals surface area contributed by atoms with Crippen molar-refractivity contribution in [3.63, 3.8) is 0 Å². The lowest BCUT2D eigenvalue weighted by atomic mass is 9.75. The van der Waals surface area contributed by atoms with Gasteiger partial charge in [0.15, 0.2) is 0 Å². The number of hydrogen-bond donors (Lipinski definition) is 2. The number of carbonyl (C=O) groups is 1. The second-order valence-electron chi connectivity index (χ2n) is 3.36. The molecule has 12 heavy (non-hydrogen) atoms. The average Bonchev–Trinajstić information content (AvgIpc) is 2.05. The third-order valence-electron chi connectivity index (χ3n) is 2.68. The van der Waals surface area contributed by atoms with Gasteiger partial charge in [0.25, 0.3) is 0 Å². The van der Waals surface area contributed by atoms with E-state index < -0.39 is 11.4 Å². The number of carboxylic acid groups (broad SMARTS) is 1. The zero-order chi connectivity index (χ0) is 9.19. The van der Waals surface area contributed by atoms with Crippen LogP contribution in [0.5, 0.6) is 0 Å². The second-order valence-corrected chi connectivity index (χ2v) is 3.36. The minimum Gasteiger partial charge on any atom is -0.481 e. The molecule has 3 N–H and O–H groups in total. The number of rotatable bonds is 2. The molecule has 1 heterocycles. The predicted molar refractivity (Wildman–Crippen MR) is 43.8 cm³/mol. The Morgan fingerprint density at radius 3 is 2.33 bits per heavy atom.